The summed E-state index contributed by atoms with van der Waals surface area (Å²) in [6, 6.07) is 6.18. The van der Waals surface area contributed by atoms with E-state index in [9.17, 15) is 38.2 Å². The van der Waals surface area contributed by atoms with Gasteiger partial charge in [-0.05, 0) is 24.6 Å². The Morgan fingerprint density at radius 1 is 1.38 bits per heavy atom. The van der Waals surface area contributed by atoms with Crippen LogP contribution < -0.4 is 5.32 Å². The lowest BCUT2D eigenvalue weighted by Gasteiger charge is -2.45. The molecule has 4 atom stereocenters. The van der Waals surface area contributed by atoms with E-state index in [-0.39, 0.29) is 17.9 Å². The highest BCUT2D eigenvalue weighted by molar-refractivity contribution is 5.88. The predicted octanol–water partition coefficient (Wildman–Crippen LogP) is 1.18. The molecule has 4 unspecified atom stereocenters. The summed E-state index contributed by atoms with van der Waals surface area (Å²) in [5.41, 5.74) is -3.92. The van der Waals surface area contributed by atoms with E-state index < -0.39 is 41.5 Å². The van der Waals surface area contributed by atoms with Crippen molar-refractivity contribution in [3.8, 4) is 11.8 Å². The molecule has 140 valence electrons. The normalized spacial score (nSPS) is 28.8. The number of ether oxygens (including phenoxy) is 1. The van der Waals surface area contributed by atoms with Gasteiger partial charge in [0.05, 0.1) is 12.7 Å². The highest BCUT2D eigenvalue weighted by atomic mass is 19.4. The lowest BCUT2D eigenvalue weighted by Crippen LogP contribution is -2.71. The van der Waals surface area contributed by atoms with Crippen molar-refractivity contribution < 1.29 is 37.7 Å². The average molecular weight is 372 g/mol. The van der Waals surface area contributed by atoms with Crippen LogP contribution in [0.4, 0.5) is 13.2 Å². The topological polar surface area (TPSA) is 120 Å². The lowest BCUT2D eigenvalue weighted by molar-refractivity contribution is -0.298. The van der Waals surface area contributed by atoms with Gasteiger partial charge in [-0.3, -0.25) is 9.59 Å². The van der Waals surface area contributed by atoms with Crippen LogP contribution in [0.25, 0.3) is 0 Å². The molecule has 0 bridgehead atoms. The van der Waals surface area contributed by atoms with Gasteiger partial charge in [-0.2, -0.15) is 18.4 Å². The molecule has 1 saturated heterocycles. The molecule has 1 aromatic carbocycles. The molecule has 0 radical (unpaired) electrons. The highest BCUT2D eigenvalue weighted by Gasteiger charge is 2.69. The number of phenolic OH excluding ortho intramolecular Hbond substituents is 1. The maximum Gasteiger partial charge on any atom is 0.437 e. The molecular formula is C16H15F3N2O5. The lowest BCUT2D eigenvalue weighted by atomic mass is 9.69. The van der Waals surface area contributed by atoms with Gasteiger partial charge in [-0.1, -0.05) is 12.1 Å². The molecule has 1 aliphatic heterocycles. The number of esters is 1. The number of carbonyl (C=O) groups excluding carboxylic acids is 2. The Morgan fingerprint density at radius 2 is 1.96 bits per heavy atom. The van der Waals surface area contributed by atoms with E-state index in [0.717, 1.165) is 12.1 Å². The van der Waals surface area contributed by atoms with Gasteiger partial charge in [-0.15, -0.1) is 0 Å². The van der Waals surface area contributed by atoms with E-state index in [4.69, 9.17) is 0 Å². The first-order valence-electron chi connectivity index (χ1n) is 7.53. The second kappa shape index (κ2) is 6.84. The van der Waals surface area contributed by atoms with E-state index in [1.54, 1.807) is 6.07 Å². The summed E-state index contributed by atoms with van der Waals surface area (Å²) in [6.07, 6.45) is -5.41. The van der Waals surface area contributed by atoms with Crippen molar-refractivity contribution in [2.45, 2.75) is 24.7 Å². The van der Waals surface area contributed by atoms with E-state index in [0.29, 0.717) is 0 Å². The zero-order chi connectivity index (χ0) is 19.7. The molecular weight excluding hydrogens is 357 g/mol. The van der Waals surface area contributed by atoms with Gasteiger partial charge in [0.15, 0.2) is 0 Å². The van der Waals surface area contributed by atoms with Crippen LogP contribution >= 0.6 is 0 Å². The zero-order valence-electron chi connectivity index (χ0n) is 13.4. The molecule has 26 heavy (non-hydrogen) atoms. The smallest absolute Gasteiger partial charge is 0.437 e. The number of benzene rings is 1. The van der Waals surface area contributed by atoms with Gasteiger partial charge < -0.3 is 20.3 Å². The first-order valence-corrected chi connectivity index (χ1v) is 7.53. The van der Waals surface area contributed by atoms with Crippen molar-refractivity contribution in [3.63, 3.8) is 0 Å². The molecule has 0 aliphatic carbocycles. The maximum absolute atomic E-state index is 13.5. The Kier molecular flexibility index (Phi) is 5.13. The van der Waals surface area contributed by atoms with Gasteiger partial charge in [0, 0.05) is 5.92 Å². The van der Waals surface area contributed by atoms with Crippen molar-refractivity contribution in [2.24, 2.45) is 11.8 Å². The number of hydrogen-bond donors (Lipinski definition) is 3. The fourth-order valence-corrected chi connectivity index (χ4v) is 2.98. The number of hydrogen-bond acceptors (Lipinski definition) is 6. The molecule has 0 spiro atoms. The summed E-state index contributed by atoms with van der Waals surface area (Å²) in [5, 5.41) is 30.2. The van der Waals surface area contributed by atoms with Crippen LogP contribution in [-0.4, -0.2) is 40.6 Å². The Balaban J connectivity index is 2.69. The summed E-state index contributed by atoms with van der Waals surface area (Å²) in [4.78, 5) is 24.4. The zero-order valence-corrected chi connectivity index (χ0v) is 13.4. The minimum absolute atomic E-state index is 0.00933. The number of nitriles is 1. The quantitative estimate of drug-likeness (QED) is 0.686. The van der Waals surface area contributed by atoms with Crippen molar-refractivity contribution >= 4 is 11.9 Å². The average Bonchev–Trinajstić information content (AvgIpc) is 2.54. The van der Waals surface area contributed by atoms with Gasteiger partial charge in [-0.25, -0.2) is 0 Å². The van der Waals surface area contributed by atoms with Crippen LogP contribution in [0, 0.1) is 23.2 Å². The van der Waals surface area contributed by atoms with Crippen molar-refractivity contribution in [2.75, 3.05) is 6.61 Å². The van der Waals surface area contributed by atoms with Gasteiger partial charge >= 0.3 is 12.1 Å². The molecule has 1 fully saturated rings. The number of phenols is 1. The number of aromatic hydroxyl groups is 1. The largest absolute Gasteiger partial charge is 0.508 e. The predicted molar refractivity (Wildman–Crippen MR) is 79.2 cm³/mol. The Bertz CT molecular complexity index is 744. The number of alkyl halides is 3. The van der Waals surface area contributed by atoms with E-state index in [2.05, 4.69) is 4.74 Å². The van der Waals surface area contributed by atoms with Crippen molar-refractivity contribution in [3.05, 3.63) is 29.8 Å². The molecule has 1 aromatic rings. The fourth-order valence-electron chi connectivity index (χ4n) is 2.98. The minimum Gasteiger partial charge on any atom is -0.508 e. The number of amides is 1. The summed E-state index contributed by atoms with van der Waals surface area (Å²) >= 11 is 0. The molecule has 2 rings (SSSR count). The number of piperidine rings is 1. The first kappa shape index (κ1) is 19.5. The van der Waals surface area contributed by atoms with Crippen LogP contribution in [0.15, 0.2) is 24.3 Å². The number of nitrogens with one attached hydrogen (secondary N) is 1. The number of halogens is 3. The minimum atomic E-state index is -5.41. The van der Waals surface area contributed by atoms with E-state index >= 15 is 0 Å². The number of rotatable bonds is 3. The highest BCUT2D eigenvalue weighted by Crippen LogP contribution is 2.48. The van der Waals surface area contributed by atoms with E-state index in [1.807, 2.05) is 0 Å². The monoisotopic (exact) mass is 372 g/mol. The molecule has 1 aliphatic rings. The standard InChI is InChI=1S/C16H15F3N2O5/c1-2-26-14(24)12-11(8-3-5-9(22)6-4-8)10(7-20)13(23)21-15(12,25)16(17,18)19/h3-6,10-12,22,25H,2H2,1H3,(H,21,23). The SMILES string of the molecule is CCOC(=O)C1C(c2ccc(O)cc2)C(C#N)C(=O)NC1(O)C(F)(F)F. The first-order chi connectivity index (χ1) is 12.1. The maximum atomic E-state index is 13.5. The third-order valence-corrected chi connectivity index (χ3v) is 4.15. The fraction of sp³-hybridized carbons (Fsp3) is 0.438. The molecule has 1 heterocycles. The molecule has 1 amide bonds. The second-order valence-corrected chi connectivity index (χ2v) is 5.71. The Morgan fingerprint density at radius 3 is 2.42 bits per heavy atom. The molecule has 0 aromatic heterocycles. The van der Waals surface area contributed by atoms with Gasteiger partial charge in [0.1, 0.15) is 17.6 Å². The molecule has 10 heteroatoms. The molecule has 3 N–H and O–H groups in total. The number of nitrogens with zero attached hydrogens (tertiary/aromatic N) is 1. The summed E-state index contributed by atoms with van der Waals surface area (Å²) < 4.78 is 45.3. The van der Waals surface area contributed by atoms with Crippen molar-refractivity contribution in [1.82, 2.24) is 5.32 Å². The van der Waals surface area contributed by atoms with Crippen LogP contribution in [0.1, 0.15) is 18.4 Å². The Labute approximate surface area is 146 Å². The van der Waals surface area contributed by atoms with Crippen LogP contribution in [0.5, 0.6) is 5.75 Å². The summed E-state index contributed by atoms with van der Waals surface area (Å²) in [7, 11) is 0. The third kappa shape index (κ3) is 3.17. The third-order valence-electron chi connectivity index (χ3n) is 4.15. The number of carbonyl (C=O) groups is 2. The van der Waals surface area contributed by atoms with Gasteiger partial charge in [0.25, 0.3) is 0 Å². The number of aliphatic hydroxyl groups is 1. The van der Waals surface area contributed by atoms with Crippen LogP contribution in [0.3, 0.4) is 0 Å². The summed E-state index contributed by atoms with van der Waals surface area (Å²) in [5.74, 6) is -8.62. The Hall–Kier alpha value is -2.80. The van der Waals surface area contributed by atoms with Gasteiger partial charge in [0.2, 0.25) is 11.6 Å². The summed E-state index contributed by atoms with van der Waals surface area (Å²) in [6.45, 7) is 1.10. The molecule has 0 saturated carbocycles. The molecule has 7 nitrogen and oxygen atoms in total. The van der Waals surface area contributed by atoms with E-state index in [1.165, 1.54) is 24.4 Å². The van der Waals surface area contributed by atoms with Crippen LogP contribution in [-0.2, 0) is 14.3 Å². The second-order valence-electron chi connectivity index (χ2n) is 5.71. The van der Waals surface area contributed by atoms with Crippen LogP contribution in [0.2, 0.25) is 0 Å². The van der Waals surface area contributed by atoms with Crippen molar-refractivity contribution in [1.29, 1.82) is 5.26 Å².